The lowest BCUT2D eigenvalue weighted by molar-refractivity contribution is -0.126. The molecule has 0 N–H and O–H groups in total. The molecular weight excluding hydrogens is 288 g/mol. The zero-order valence-corrected chi connectivity index (χ0v) is 14.5. The largest absolute Gasteiger partial charge is 0.496 e. The van der Waals surface area contributed by atoms with Gasteiger partial charge in [-0.05, 0) is 30.9 Å². The molecule has 0 aromatic heterocycles. The second-order valence-electron chi connectivity index (χ2n) is 5.94. The molecule has 0 fully saturated rings. The Labute approximate surface area is 139 Å². The van der Waals surface area contributed by atoms with Crippen molar-refractivity contribution in [3.63, 3.8) is 0 Å². The number of nitriles is 1. The fourth-order valence-corrected chi connectivity index (χ4v) is 2.26. The molecule has 0 saturated carbocycles. The topological polar surface area (TPSA) is 53.3 Å². The molecule has 0 aliphatic carbocycles. The van der Waals surface area contributed by atoms with Crippen LogP contribution in [0.2, 0.25) is 0 Å². The summed E-state index contributed by atoms with van der Waals surface area (Å²) in [5.74, 6) is 1.22. The zero-order chi connectivity index (χ0) is 17.2. The molecule has 0 radical (unpaired) electrons. The summed E-state index contributed by atoms with van der Waals surface area (Å²) in [6, 6.07) is 9.75. The minimum absolute atomic E-state index is 0.0516. The number of hydrogen-bond donors (Lipinski definition) is 0. The fraction of sp³-hybridized carbons (Fsp3) is 0.474. The van der Waals surface area contributed by atoms with Crippen LogP contribution in [-0.2, 0) is 4.79 Å². The minimum atomic E-state index is -0.0516. The molecule has 0 bridgehead atoms. The molecule has 1 aromatic carbocycles. The van der Waals surface area contributed by atoms with Gasteiger partial charge in [-0.15, -0.1) is 0 Å². The molecule has 0 spiro atoms. The number of benzene rings is 1. The normalized spacial score (nSPS) is 11.2. The number of rotatable bonds is 8. The van der Waals surface area contributed by atoms with Crippen molar-refractivity contribution in [3.05, 3.63) is 35.9 Å². The Morgan fingerprint density at radius 3 is 2.65 bits per heavy atom. The van der Waals surface area contributed by atoms with Crippen molar-refractivity contribution in [1.82, 2.24) is 4.90 Å². The zero-order valence-electron chi connectivity index (χ0n) is 14.5. The van der Waals surface area contributed by atoms with E-state index in [1.165, 1.54) is 0 Å². The molecule has 0 unspecified atom stereocenters. The van der Waals surface area contributed by atoms with Crippen molar-refractivity contribution >= 4 is 11.5 Å². The number of nitrogens with zero attached hydrogens (tertiary/aromatic N) is 2. The lowest BCUT2D eigenvalue weighted by Crippen LogP contribution is -2.32. The van der Waals surface area contributed by atoms with Gasteiger partial charge in [-0.2, -0.15) is 5.26 Å². The summed E-state index contributed by atoms with van der Waals surface area (Å²) < 4.78 is 5.34. The highest BCUT2D eigenvalue weighted by atomic mass is 16.5. The molecule has 0 aliphatic heterocycles. The maximum atomic E-state index is 12.5. The van der Waals surface area contributed by atoms with Crippen molar-refractivity contribution in [2.75, 3.05) is 20.2 Å². The van der Waals surface area contributed by atoms with E-state index in [1.807, 2.05) is 31.2 Å². The quantitative estimate of drug-likeness (QED) is 0.684. The Kier molecular flexibility index (Phi) is 7.90. The summed E-state index contributed by atoms with van der Waals surface area (Å²) in [6.45, 7) is 7.30. The average molecular weight is 314 g/mol. The van der Waals surface area contributed by atoms with Crippen molar-refractivity contribution in [3.8, 4) is 11.8 Å². The van der Waals surface area contributed by atoms with Gasteiger partial charge in [0.05, 0.1) is 19.6 Å². The van der Waals surface area contributed by atoms with Crippen molar-refractivity contribution in [2.24, 2.45) is 5.92 Å². The Balaban J connectivity index is 2.91. The average Bonchev–Trinajstić information content (AvgIpc) is 2.54. The fourth-order valence-electron chi connectivity index (χ4n) is 2.26. The van der Waals surface area contributed by atoms with E-state index in [9.17, 15) is 4.79 Å². The summed E-state index contributed by atoms with van der Waals surface area (Å²) in [7, 11) is 1.62. The highest BCUT2D eigenvalue weighted by Crippen LogP contribution is 2.25. The van der Waals surface area contributed by atoms with E-state index in [-0.39, 0.29) is 5.91 Å². The summed E-state index contributed by atoms with van der Waals surface area (Å²) >= 11 is 0. The van der Waals surface area contributed by atoms with Crippen LogP contribution in [-0.4, -0.2) is 31.0 Å². The van der Waals surface area contributed by atoms with Crippen molar-refractivity contribution in [1.29, 1.82) is 5.26 Å². The van der Waals surface area contributed by atoms with Crippen LogP contribution in [0.3, 0.4) is 0 Å². The maximum Gasteiger partial charge on any atom is 0.246 e. The standard InChI is InChI=1S/C19H26N2O2/c1-15(2)10-13-21(12-7-11-20)19(22)14-16(3)17-8-5-6-9-18(17)23-4/h5-6,8-9,14-15H,7,10,12-13H2,1-4H3. The summed E-state index contributed by atoms with van der Waals surface area (Å²) in [5, 5.41) is 8.78. The molecule has 0 saturated heterocycles. The van der Waals surface area contributed by atoms with Crippen LogP contribution in [0.25, 0.3) is 5.57 Å². The Morgan fingerprint density at radius 1 is 1.35 bits per heavy atom. The van der Waals surface area contributed by atoms with E-state index in [0.717, 1.165) is 23.3 Å². The van der Waals surface area contributed by atoms with Crippen LogP contribution in [0.1, 0.15) is 39.2 Å². The highest BCUT2D eigenvalue weighted by molar-refractivity contribution is 5.95. The third kappa shape index (κ3) is 6.15. The number of carbonyl (C=O) groups excluding carboxylic acids is 1. The number of carbonyl (C=O) groups is 1. The van der Waals surface area contributed by atoms with E-state index >= 15 is 0 Å². The Hall–Kier alpha value is -2.28. The first-order valence-electron chi connectivity index (χ1n) is 7.97. The van der Waals surface area contributed by atoms with E-state index in [0.29, 0.717) is 25.4 Å². The number of hydrogen-bond acceptors (Lipinski definition) is 3. The lowest BCUT2D eigenvalue weighted by atomic mass is 10.1. The van der Waals surface area contributed by atoms with Gasteiger partial charge in [0.15, 0.2) is 0 Å². The van der Waals surface area contributed by atoms with E-state index in [2.05, 4.69) is 19.9 Å². The predicted octanol–water partition coefficient (Wildman–Crippen LogP) is 3.89. The molecule has 4 nitrogen and oxygen atoms in total. The summed E-state index contributed by atoms with van der Waals surface area (Å²) in [5.41, 5.74) is 1.77. The van der Waals surface area contributed by atoms with Gasteiger partial charge < -0.3 is 9.64 Å². The first kappa shape index (κ1) is 18.8. The van der Waals surface area contributed by atoms with Gasteiger partial charge >= 0.3 is 0 Å². The molecule has 0 aliphatic rings. The van der Waals surface area contributed by atoms with Gasteiger partial charge in [0.2, 0.25) is 5.91 Å². The number of ether oxygens (including phenoxy) is 1. The SMILES string of the molecule is COc1ccccc1C(C)=CC(=O)N(CCC#N)CCC(C)C. The molecular formula is C19H26N2O2. The van der Waals surface area contributed by atoms with Crippen LogP contribution in [0, 0.1) is 17.2 Å². The molecule has 4 heteroatoms. The van der Waals surface area contributed by atoms with Crippen LogP contribution < -0.4 is 4.74 Å². The third-order valence-electron chi connectivity index (χ3n) is 3.65. The van der Waals surface area contributed by atoms with Gasteiger partial charge in [-0.25, -0.2) is 0 Å². The third-order valence-corrected chi connectivity index (χ3v) is 3.65. The molecule has 1 aromatic rings. The van der Waals surface area contributed by atoms with Crippen LogP contribution in [0.15, 0.2) is 30.3 Å². The van der Waals surface area contributed by atoms with Crippen molar-refractivity contribution < 1.29 is 9.53 Å². The Morgan fingerprint density at radius 2 is 2.04 bits per heavy atom. The van der Waals surface area contributed by atoms with Gasteiger partial charge in [-0.1, -0.05) is 32.0 Å². The smallest absolute Gasteiger partial charge is 0.246 e. The minimum Gasteiger partial charge on any atom is -0.496 e. The second-order valence-corrected chi connectivity index (χ2v) is 5.94. The van der Waals surface area contributed by atoms with E-state index in [4.69, 9.17) is 10.00 Å². The van der Waals surface area contributed by atoms with Crippen LogP contribution in [0.4, 0.5) is 0 Å². The maximum absolute atomic E-state index is 12.5. The van der Waals surface area contributed by atoms with Crippen molar-refractivity contribution in [2.45, 2.75) is 33.6 Å². The lowest BCUT2D eigenvalue weighted by Gasteiger charge is -2.21. The summed E-state index contributed by atoms with van der Waals surface area (Å²) in [6.07, 6.45) is 2.92. The number of methoxy groups -OCH3 is 1. The second kappa shape index (κ2) is 9.68. The van der Waals surface area contributed by atoms with Crippen LogP contribution >= 0.6 is 0 Å². The number of amides is 1. The van der Waals surface area contributed by atoms with Gasteiger partial charge in [0.1, 0.15) is 5.75 Å². The number of allylic oxidation sites excluding steroid dienone is 1. The highest BCUT2D eigenvalue weighted by Gasteiger charge is 2.13. The molecule has 0 heterocycles. The first-order chi connectivity index (χ1) is 11.0. The van der Waals surface area contributed by atoms with Gasteiger partial charge in [0, 0.05) is 24.7 Å². The predicted molar refractivity (Wildman–Crippen MR) is 92.9 cm³/mol. The molecule has 23 heavy (non-hydrogen) atoms. The molecule has 1 amide bonds. The molecule has 0 atom stereocenters. The van der Waals surface area contributed by atoms with E-state index < -0.39 is 0 Å². The Bertz CT molecular complexity index is 585. The van der Waals surface area contributed by atoms with Crippen LogP contribution in [0.5, 0.6) is 5.75 Å². The van der Waals surface area contributed by atoms with Gasteiger partial charge in [-0.3, -0.25) is 4.79 Å². The van der Waals surface area contributed by atoms with E-state index in [1.54, 1.807) is 18.1 Å². The molecule has 124 valence electrons. The monoisotopic (exact) mass is 314 g/mol. The summed E-state index contributed by atoms with van der Waals surface area (Å²) in [4.78, 5) is 14.3. The first-order valence-corrected chi connectivity index (χ1v) is 7.97. The number of para-hydroxylation sites is 1. The molecule has 1 rings (SSSR count). The van der Waals surface area contributed by atoms with Gasteiger partial charge in [0.25, 0.3) is 0 Å².